The first-order valence-corrected chi connectivity index (χ1v) is 11.1. The van der Waals surface area contributed by atoms with Crippen molar-refractivity contribution < 1.29 is 4.74 Å². The highest BCUT2D eigenvalue weighted by molar-refractivity contribution is 9.10. The highest BCUT2D eigenvalue weighted by Gasteiger charge is 2.25. The van der Waals surface area contributed by atoms with Crippen molar-refractivity contribution in [3.05, 3.63) is 140 Å². The monoisotopic (exact) mass is 506 g/mol. The molecule has 0 aromatic heterocycles. The fourth-order valence-electron chi connectivity index (χ4n) is 3.43. The van der Waals surface area contributed by atoms with Crippen LogP contribution in [0, 0.1) is 0 Å². The molecule has 0 spiro atoms. The summed E-state index contributed by atoms with van der Waals surface area (Å²) in [6.45, 7) is 0. The Hall–Kier alpha value is -2.20. The van der Waals surface area contributed by atoms with E-state index in [1.165, 1.54) is 0 Å². The van der Waals surface area contributed by atoms with Gasteiger partial charge >= 0.3 is 0 Å². The molecule has 2 unspecified atom stereocenters. The van der Waals surface area contributed by atoms with Crippen LogP contribution in [0.5, 0.6) is 0 Å². The van der Waals surface area contributed by atoms with Crippen LogP contribution in [-0.2, 0) is 4.74 Å². The van der Waals surface area contributed by atoms with Crippen LogP contribution in [0.4, 0.5) is 0 Å². The SMILES string of the molecule is Brc1ccccc1C(OC(c1ccccc1)c1ccccc1Br)c1ccccc1. The van der Waals surface area contributed by atoms with Crippen LogP contribution >= 0.6 is 31.9 Å². The number of halogens is 2. The third-order valence-corrected chi connectivity index (χ3v) is 6.30. The van der Waals surface area contributed by atoms with Crippen molar-refractivity contribution >= 4 is 31.9 Å². The topological polar surface area (TPSA) is 9.23 Å². The Balaban J connectivity index is 1.83. The molecule has 0 radical (unpaired) electrons. The standard InChI is InChI=1S/C26H20Br2O/c27-23-17-9-7-15-21(23)25(19-11-3-1-4-12-19)29-26(20-13-5-2-6-14-20)22-16-8-10-18-24(22)28/h1-18,25-26H. The Kier molecular flexibility index (Phi) is 6.60. The molecule has 0 saturated carbocycles. The van der Waals surface area contributed by atoms with E-state index in [1.54, 1.807) is 0 Å². The normalized spacial score (nSPS) is 13.0. The first kappa shape index (κ1) is 20.1. The van der Waals surface area contributed by atoms with Crippen LogP contribution in [0.2, 0.25) is 0 Å². The van der Waals surface area contributed by atoms with Gasteiger partial charge in [-0.05, 0) is 34.4 Å². The average molecular weight is 508 g/mol. The molecule has 4 aromatic carbocycles. The lowest BCUT2D eigenvalue weighted by Gasteiger charge is -2.28. The predicted octanol–water partition coefficient (Wildman–Crippen LogP) is 8.11. The predicted molar refractivity (Wildman–Crippen MR) is 126 cm³/mol. The van der Waals surface area contributed by atoms with Gasteiger partial charge in [-0.15, -0.1) is 0 Å². The largest absolute Gasteiger partial charge is 0.356 e. The average Bonchev–Trinajstić information content (AvgIpc) is 2.77. The number of benzene rings is 4. The van der Waals surface area contributed by atoms with Crippen LogP contribution in [0.3, 0.4) is 0 Å². The highest BCUT2D eigenvalue weighted by atomic mass is 79.9. The fraction of sp³-hybridized carbons (Fsp3) is 0.0769. The first-order chi connectivity index (χ1) is 14.2. The van der Waals surface area contributed by atoms with Crippen molar-refractivity contribution in [2.45, 2.75) is 12.2 Å². The third-order valence-electron chi connectivity index (χ3n) is 4.85. The second-order valence-electron chi connectivity index (χ2n) is 6.76. The van der Waals surface area contributed by atoms with Crippen molar-refractivity contribution in [2.75, 3.05) is 0 Å². The van der Waals surface area contributed by atoms with Gasteiger partial charge in [0.2, 0.25) is 0 Å². The summed E-state index contributed by atoms with van der Waals surface area (Å²) < 4.78 is 8.97. The van der Waals surface area contributed by atoms with Crippen LogP contribution in [0.15, 0.2) is 118 Å². The summed E-state index contributed by atoms with van der Waals surface area (Å²) in [5.41, 5.74) is 4.44. The third kappa shape index (κ3) is 4.69. The van der Waals surface area contributed by atoms with E-state index in [1.807, 2.05) is 24.3 Å². The van der Waals surface area contributed by atoms with E-state index in [9.17, 15) is 0 Å². The minimum absolute atomic E-state index is 0.218. The Morgan fingerprint density at radius 1 is 0.448 bits per heavy atom. The van der Waals surface area contributed by atoms with Crippen LogP contribution in [0.1, 0.15) is 34.5 Å². The van der Waals surface area contributed by atoms with Gasteiger partial charge in [0.05, 0.1) is 0 Å². The summed E-state index contributed by atoms with van der Waals surface area (Å²) in [7, 11) is 0. The minimum Gasteiger partial charge on any atom is -0.356 e. The molecule has 1 nitrogen and oxygen atoms in total. The van der Waals surface area contributed by atoms with Crippen molar-refractivity contribution in [2.24, 2.45) is 0 Å². The summed E-state index contributed by atoms with van der Waals surface area (Å²) in [4.78, 5) is 0. The summed E-state index contributed by atoms with van der Waals surface area (Å²) >= 11 is 7.44. The molecule has 0 aliphatic carbocycles. The second-order valence-corrected chi connectivity index (χ2v) is 8.47. The summed E-state index contributed by atoms with van der Waals surface area (Å²) in [5, 5.41) is 0. The van der Waals surface area contributed by atoms with E-state index in [-0.39, 0.29) is 12.2 Å². The highest BCUT2D eigenvalue weighted by Crippen LogP contribution is 2.40. The number of ether oxygens (including phenoxy) is 1. The van der Waals surface area contributed by atoms with Gasteiger partial charge in [-0.2, -0.15) is 0 Å². The summed E-state index contributed by atoms with van der Waals surface area (Å²) in [6, 6.07) is 37.3. The van der Waals surface area contributed by atoms with Crippen molar-refractivity contribution in [3.8, 4) is 0 Å². The van der Waals surface area contributed by atoms with E-state index in [0.29, 0.717) is 0 Å². The molecule has 0 N–H and O–H groups in total. The molecule has 0 bridgehead atoms. The molecular formula is C26H20Br2O. The molecule has 2 atom stereocenters. The fourth-order valence-corrected chi connectivity index (χ4v) is 4.42. The first-order valence-electron chi connectivity index (χ1n) is 9.48. The maximum absolute atomic E-state index is 6.90. The molecule has 144 valence electrons. The summed E-state index contributed by atoms with van der Waals surface area (Å²) in [6.07, 6.45) is -0.437. The molecule has 29 heavy (non-hydrogen) atoms. The van der Waals surface area contributed by atoms with E-state index < -0.39 is 0 Å². The molecule has 0 heterocycles. The maximum atomic E-state index is 6.90. The number of rotatable bonds is 6. The molecule has 0 aliphatic heterocycles. The lowest BCUT2D eigenvalue weighted by atomic mass is 9.98. The Labute approximate surface area is 188 Å². The lowest BCUT2D eigenvalue weighted by molar-refractivity contribution is 0.0301. The van der Waals surface area contributed by atoms with E-state index >= 15 is 0 Å². The van der Waals surface area contributed by atoms with Gasteiger partial charge < -0.3 is 4.74 Å². The van der Waals surface area contributed by atoms with Gasteiger partial charge in [0.25, 0.3) is 0 Å². The lowest BCUT2D eigenvalue weighted by Crippen LogP contribution is -2.14. The molecule has 0 aliphatic rings. The van der Waals surface area contributed by atoms with Crippen LogP contribution < -0.4 is 0 Å². The Morgan fingerprint density at radius 3 is 1.17 bits per heavy atom. The molecule has 0 saturated heterocycles. The molecule has 0 fully saturated rings. The minimum atomic E-state index is -0.218. The van der Waals surface area contributed by atoms with Crippen molar-refractivity contribution in [1.82, 2.24) is 0 Å². The molecule has 3 heteroatoms. The van der Waals surface area contributed by atoms with Gasteiger partial charge in [-0.3, -0.25) is 0 Å². The quantitative estimate of drug-likeness (QED) is 0.256. The zero-order chi connectivity index (χ0) is 20.1. The van der Waals surface area contributed by atoms with Gasteiger partial charge in [0, 0.05) is 8.95 Å². The zero-order valence-corrected chi connectivity index (χ0v) is 18.9. The van der Waals surface area contributed by atoms with Crippen molar-refractivity contribution in [1.29, 1.82) is 0 Å². The Morgan fingerprint density at radius 2 is 0.793 bits per heavy atom. The van der Waals surface area contributed by atoms with Crippen molar-refractivity contribution in [3.63, 3.8) is 0 Å². The maximum Gasteiger partial charge on any atom is 0.110 e. The van der Waals surface area contributed by atoms with Gasteiger partial charge in [0.1, 0.15) is 12.2 Å². The van der Waals surface area contributed by atoms with Crippen LogP contribution in [0.25, 0.3) is 0 Å². The molecule has 4 rings (SSSR count). The van der Waals surface area contributed by atoms with Gasteiger partial charge in [0.15, 0.2) is 0 Å². The van der Waals surface area contributed by atoms with Gasteiger partial charge in [-0.1, -0.05) is 129 Å². The Bertz CT molecular complexity index is 977. The molecule has 4 aromatic rings. The summed E-state index contributed by atoms with van der Waals surface area (Å²) in [5.74, 6) is 0. The van der Waals surface area contributed by atoms with E-state index in [0.717, 1.165) is 31.2 Å². The number of hydrogen-bond donors (Lipinski definition) is 0. The molecular weight excluding hydrogens is 488 g/mol. The number of hydrogen-bond acceptors (Lipinski definition) is 1. The smallest absolute Gasteiger partial charge is 0.110 e. The van der Waals surface area contributed by atoms with E-state index in [4.69, 9.17) is 4.74 Å². The second kappa shape index (κ2) is 9.53. The van der Waals surface area contributed by atoms with Gasteiger partial charge in [-0.25, -0.2) is 0 Å². The van der Waals surface area contributed by atoms with Crippen LogP contribution in [-0.4, -0.2) is 0 Å². The van der Waals surface area contributed by atoms with E-state index in [2.05, 4.69) is 117 Å². The zero-order valence-electron chi connectivity index (χ0n) is 15.7. The molecule has 0 amide bonds.